The van der Waals surface area contributed by atoms with E-state index in [0.717, 1.165) is 33.2 Å². The second kappa shape index (κ2) is 12.3. The summed E-state index contributed by atoms with van der Waals surface area (Å²) in [4.78, 5) is 45.6. The van der Waals surface area contributed by atoms with Crippen molar-refractivity contribution in [3.05, 3.63) is 87.1 Å². The van der Waals surface area contributed by atoms with Gasteiger partial charge in [-0.1, -0.05) is 61.8 Å². The van der Waals surface area contributed by atoms with Gasteiger partial charge < -0.3 is 14.5 Å². The van der Waals surface area contributed by atoms with Gasteiger partial charge in [-0.25, -0.2) is 19.1 Å². The van der Waals surface area contributed by atoms with Crippen LogP contribution in [0.2, 0.25) is 5.02 Å². The van der Waals surface area contributed by atoms with Gasteiger partial charge in [-0.2, -0.15) is 4.98 Å². The Morgan fingerprint density at radius 1 is 1.02 bits per heavy atom. The summed E-state index contributed by atoms with van der Waals surface area (Å²) in [7, 11) is 0. The van der Waals surface area contributed by atoms with Crippen LogP contribution in [0.1, 0.15) is 64.3 Å². The molecule has 1 aliphatic heterocycles. The number of hydrogen-bond donors (Lipinski definition) is 0. The van der Waals surface area contributed by atoms with Crippen LogP contribution < -0.4 is 10.6 Å². The largest absolute Gasteiger partial charge is 0.444 e. The highest BCUT2D eigenvalue weighted by Crippen LogP contribution is 2.38. The SMILES string of the molecule is Cc1ccnc(C(C)C)c1-n1c(=O)nc(N2CCN(C(=O)OC(C)(C)C)C[C@@H]2C)c2cc(Cl)c(-c3cccc4cccc(C)c34)nc21. The van der Waals surface area contributed by atoms with Gasteiger partial charge in [-0.3, -0.25) is 4.98 Å². The molecule has 1 aliphatic rings. The standard InChI is InChI=1S/C37H41ClN6O3/c1-21(2)30-32(23(4)15-16-39-30)44-34-27(19-28(38)31(40-34)26-14-10-13-25-12-9-11-22(3)29(25)26)33(41-35(44)45)43-18-17-42(20-24(43)5)36(46)47-37(6,7)8/h9-16,19,21,24H,17-18,20H2,1-8H3/t24-/m0/s1. The third-order valence-corrected chi connectivity index (χ3v) is 8.93. The molecule has 2 aromatic carbocycles. The molecule has 5 aromatic rings. The first-order valence-corrected chi connectivity index (χ1v) is 16.5. The molecular weight excluding hydrogens is 612 g/mol. The summed E-state index contributed by atoms with van der Waals surface area (Å²) in [5, 5.41) is 3.23. The molecule has 0 bridgehead atoms. The van der Waals surface area contributed by atoms with E-state index in [1.165, 1.54) is 0 Å². The number of ether oxygens (including phenoxy) is 1. The summed E-state index contributed by atoms with van der Waals surface area (Å²) in [6, 6.07) is 15.9. The van der Waals surface area contributed by atoms with Gasteiger partial charge in [0.05, 0.1) is 27.5 Å². The summed E-state index contributed by atoms with van der Waals surface area (Å²) in [5.41, 5.74) is 4.31. The first-order chi connectivity index (χ1) is 22.2. The van der Waals surface area contributed by atoms with Crippen LogP contribution in [0.3, 0.4) is 0 Å². The average molecular weight is 653 g/mol. The number of hydrogen-bond acceptors (Lipinski definition) is 7. The molecule has 0 saturated carbocycles. The van der Waals surface area contributed by atoms with Gasteiger partial charge in [0.2, 0.25) is 0 Å². The predicted molar refractivity (Wildman–Crippen MR) is 189 cm³/mol. The second-order valence-corrected chi connectivity index (χ2v) is 14.1. The zero-order valence-corrected chi connectivity index (χ0v) is 29.0. The summed E-state index contributed by atoms with van der Waals surface area (Å²) in [5.74, 6) is 0.528. The molecule has 1 fully saturated rings. The van der Waals surface area contributed by atoms with Crippen molar-refractivity contribution in [1.29, 1.82) is 0 Å². The number of anilines is 1. The van der Waals surface area contributed by atoms with Gasteiger partial charge in [0.25, 0.3) is 0 Å². The van der Waals surface area contributed by atoms with E-state index >= 15 is 0 Å². The zero-order chi connectivity index (χ0) is 33.8. The van der Waals surface area contributed by atoms with Gasteiger partial charge in [0, 0.05) is 37.4 Å². The number of pyridine rings is 2. The van der Waals surface area contributed by atoms with Gasteiger partial charge in [-0.05, 0) is 81.5 Å². The van der Waals surface area contributed by atoms with E-state index in [0.29, 0.717) is 52.9 Å². The van der Waals surface area contributed by atoms with E-state index < -0.39 is 11.3 Å². The minimum atomic E-state index is -0.595. The Kier molecular flexibility index (Phi) is 8.47. The van der Waals surface area contributed by atoms with Gasteiger partial charge >= 0.3 is 11.8 Å². The van der Waals surface area contributed by atoms with Crippen LogP contribution in [-0.4, -0.2) is 61.8 Å². The molecular formula is C37H41ClN6O3. The maximum atomic E-state index is 14.3. The third-order valence-electron chi connectivity index (χ3n) is 8.65. The number of benzene rings is 2. The maximum Gasteiger partial charge on any atom is 0.410 e. The molecule has 244 valence electrons. The minimum Gasteiger partial charge on any atom is -0.444 e. The third kappa shape index (κ3) is 6.04. The molecule has 0 N–H and O–H groups in total. The number of carbonyl (C=O) groups is 1. The number of rotatable bonds is 4. The summed E-state index contributed by atoms with van der Waals surface area (Å²) in [6.45, 7) is 17.0. The zero-order valence-electron chi connectivity index (χ0n) is 28.3. The lowest BCUT2D eigenvalue weighted by molar-refractivity contribution is 0.0218. The van der Waals surface area contributed by atoms with Crippen molar-refractivity contribution in [2.75, 3.05) is 24.5 Å². The van der Waals surface area contributed by atoms with E-state index in [9.17, 15) is 9.59 Å². The topological polar surface area (TPSA) is 93.5 Å². The summed E-state index contributed by atoms with van der Waals surface area (Å²) >= 11 is 7.14. The number of aromatic nitrogens is 4. The van der Waals surface area contributed by atoms with Crippen LogP contribution in [0.4, 0.5) is 10.6 Å². The maximum absolute atomic E-state index is 14.3. The van der Waals surface area contributed by atoms with E-state index in [1.807, 2.05) is 65.0 Å². The first-order valence-electron chi connectivity index (χ1n) is 16.1. The molecule has 0 spiro atoms. The molecule has 0 radical (unpaired) electrons. The highest BCUT2D eigenvalue weighted by atomic mass is 35.5. The van der Waals surface area contributed by atoms with Crippen LogP contribution >= 0.6 is 11.6 Å². The monoisotopic (exact) mass is 652 g/mol. The molecule has 0 unspecified atom stereocenters. The fourth-order valence-corrected chi connectivity index (χ4v) is 6.74. The Balaban J connectivity index is 1.59. The molecule has 3 aromatic heterocycles. The van der Waals surface area contributed by atoms with Crippen molar-refractivity contribution in [1.82, 2.24) is 24.4 Å². The Bertz CT molecular complexity index is 2080. The number of amides is 1. The lowest BCUT2D eigenvalue weighted by Gasteiger charge is -2.41. The average Bonchev–Trinajstić information content (AvgIpc) is 3.00. The van der Waals surface area contributed by atoms with E-state index in [-0.39, 0.29) is 18.1 Å². The quantitative estimate of drug-likeness (QED) is 0.195. The van der Waals surface area contributed by atoms with E-state index in [4.69, 9.17) is 26.3 Å². The van der Waals surface area contributed by atoms with Crippen LogP contribution in [0.25, 0.3) is 38.8 Å². The fourth-order valence-electron chi connectivity index (χ4n) is 6.49. The second-order valence-electron chi connectivity index (χ2n) is 13.7. The van der Waals surface area contributed by atoms with Crippen molar-refractivity contribution in [3.8, 4) is 16.9 Å². The normalized spacial score (nSPS) is 15.6. The van der Waals surface area contributed by atoms with Gasteiger partial charge in [0.1, 0.15) is 11.4 Å². The number of halogens is 1. The minimum absolute atomic E-state index is 0.0416. The van der Waals surface area contributed by atoms with Gasteiger partial charge in [-0.15, -0.1) is 0 Å². The first kappa shape index (κ1) is 32.4. The summed E-state index contributed by atoms with van der Waals surface area (Å²) < 4.78 is 7.23. The van der Waals surface area contributed by atoms with Crippen molar-refractivity contribution >= 4 is 45.3 Å². The van der Waals surface area contributed by atoms with Crippen LogP contribution in [-0.2, 0) is 4.74 Å². The molecule has 9 nitrogen and oxygen atoms in total. The lowest BCUT2D eigenvalue weighted by atomic mass is 9.97. The fraction of sp³-hybridized carbons (Fsp3) is 0.378. The highest BCUT2D eigenvalue weighted by Gasteiger charge is 2.33. The number of carbonyl (C=O) groups excluding carboxylic acids is 1. The molecule has 4 heterocycles. The molecule has 47 heavy (non-hydrogen) atoms. The Hall–Kier alpha value is -4.50. The van der Waals surface area contributed by atoms with Crippen LogP contribution in [0, 0.1) is 13.8 Å². The van der Waals surface area contributed by atoms with Crippen molar-refractivity contribution in [2.45, 2.75) is 73.0 Å². The molecule has 10 heteroatoms. The van der Waals surface area contributed by atoms with E-state index in [2.05, 4.69) is 48.9 Å². The van der Waals surface area contributed by atoms with E-state index in [1.54, 1.807) is 15.7 Å². The van der Waals surface area contributed by atoms with Crippen molar-refractivity contribution < 1.29 is 9.53 Å². The van der Waals surface area contributed by atoms with Crippen molar-refractivity contribution in [3.63, 3.8) is 0 Å². The molecule has 0 aliphatic carbocycles. The Morgan fingerprint density at radius 3 is 2.43 bits per heavy atom. The lowest BCUT2D eigenvalue weighted by Crippen LogP contribution is -2.55. The van der Waals surface area contributed by atoms with Gasteiger partial charge in [0.15, 0.2) is 5.65 Å². The number of nitrogens with zero attached hydrogens (tertiary/aromatic N) is 6. The summed E-state index contributed by atoms with van der Waals surface area (Å²) in [6.07, 6.45) is 1.41. The Labute approximate surface area is 280 Å². The smallest absolute Gasteiger partial charge is 0.410 e. The number of aryl methyl sites for hydroxylation is 2. The van der Waals surface area contributed by atoms with Crippen LogP contribution in [0.5, 0.6) is 0 Å². The molecule has 1 atom stereocenters. The highest BCUT2D eigenvalue weighted by molar-refractivity contribution is 6.34. The number of piperazine rings is 1. The van der Waals surface area contributed by atoms with Crippen LogP contribution in [0.15, 0.2) is 59.5 Å². The number of fused-ring (bicyclic) bond motifs is 2. The molecule has 1 saturated heterocycles. The molecule has 1 amide bonds. The predicted octanol–water partition coefficient (Wildman–Crippen LogP) is 7.84. The Morgan fingerprint density at radius 2 is 1.74 bits per heavy atom. The molecule has 6 rings (SSSR count). The van der Waals surface area contributed by atoms with Crippen molar-refractivity contribution in [2.24, 2.45) is 0 Å².